The first-order chi connectivity index (χ1) is 13.4. The first-order valence-electron chi connectivity index (χ1n) is 8.37. The van der Waals surface area contributed by atoms with Crippen molar-refractivity contribution >= 4 is 26.3 Å². The minimum atomic E-state index is -3.73. The van der Waals surface area contributed by atoms with Gasteiger partial charge in [-0.1, -0.05) is 17.3 Å². The molecule has 3 aromatic heterocycles. The van der Waals surface area contributed by atoms with Gasteiger partial charge in [0.1, 0.15) is 16.4 Å². The number of nitrogens with zero attached hydrogens (tertiary/aromatic N) is 4. The lowest BCUT2D eigenvalue weighted by molar-refractivity contribution is 0.390. The maximum atomic E-state index is 14.0. The summed E-state index contributed by atoms with van der Waals surface area (Å²) in [7, 11) is -3.73. The number of benzene rings is 1. The average Bonchev–Trinajstić information content (AvgIpc) is 3.31. The third-order valence-electron chi connectivity index (χ3n) is 4.17. The lowest BCUT2D eigenvalue weighted by Crippen LogP contribution is -2.27. The highest BCUT2D eigenvalue weighted by Crippen LogP contribution is 2.23. The van der Waals surface area contributed by atoms with Crippen molar-refractivity contribution in [3.05, 3.63) is 52.6 Å². The van der Waals surface area contributed by atoms with Gasteiger partial charge in [-0.3, -0.25) is 0 Å². The molecule has 0 fully saturated rings. The minimum Gasteiger partial charge on any atom is -0.360 e. The van der Waals surface area contributed by atoms with E-state index >= 15 is 0 Å². The minimum absolute atomic E-state index is 0.0607. The Hall–Kier alpha value is -2.63. The van der Waals surface area contributed by atoms with Gasteiger partial charge in [0.15, 0.2) is 11.6 Å². The van der Waals surface area contributed by atoms with Crippen LogP contribution < -0.4 is 4.72 Å². The molecule has 0 aliphatic carbocycles. The van der Waals surface area contributed by atoms with Crippen molar-refractivity contribution in [3.8, 4) is 11.4 Å². The van der Waals surface area contributed by atoms with E-state index in [0.29, 0.717) is 28.5 Å². The zero-order valence-electron chi connectivity index (χ0n) is 15.0. The molecule has 3 heterocycles. The summed E-state index contributed by atoms with van der Waals surface area (Å²) in [5, 5.41) is 9.90. The fraction of sp³-hybridized carbons (Fsp3) is 0.235. The number of aromatic nitrogens is 4. The van der Waals surface area contributed by atoms with Crippen LogP contribution in [0.15, 0.2) is 39.1 Å². The van der Waals surface area contributed by atoms with Crippen LogP contribution in [-0.4, -0.2) is 34.7 Å². The van der Waals surface area contributed by atoms with Gasteiger partial charge in [-0.05, 0) is 26.0 Å². The van der Waals surface area contributed by atoms with Crippen molar-refractivity contribution in [2.45, 2.75) is 25.2 Å². The molecule has 8 nitrogen and oxygen atoms in total. The lowest BCUT2D eigenvalue weighted by atomic mass is 10.2. The number of hydrogen-bond acceptors (Lipinski definition) is 7. The van der Waals surface area contributed by atoms with Crippen molar-refractivity contribution in [3.63, 3.8) is 0 Å². The van der Waals surface area contributed by atoms with Gasteiger partial charge in [0.2, 0.25) is 15.0 Å². The Balaban J connectivity index is 1.52. The molecule has 4 aromatic rings. The monoisotopic (exact) mass is 421 g/mol. The van der Waals surface area contributed by atoms with Gasteiger partial charge in [-0.25, -0.2) is 22.0 Å². The van der Waals surface area contributed by atoms with Crippen molar-refractivity contribution in [2.24, 2.45) is 0 Å². The second-order valence-electron chi connectivity index (χ2n) is 6.14. The number of fused-ring (bicyclic) bond motifs is 1. The molecular formula is C17H16FN5O3S2. The van der Waals surface area contributed by atoms with E-state index in [0.717, 1.165) is 5.69 Å². The quantitative estimate of drug-likeness (QED) is 0.514. The number of halogens is 1. The van der Waals surface area contributed by atoms with Gasteiger partial charge in [0.25, 0.3) is 0 Å². The lowest BCUT2D eigenvalue weighted by Gasteiger charge is -2.05. The van der Waals surface area contributed by atoms with Crippen LogP contribution in [0.4, 0.5) is 4.39 Å². The van der Waals surface area contributed by atoms with Gasteiger partial charge < -0.3 is 4.52 Å². The number of thiazole rings is 1. The Bertz CT molecular complexity index is 1240. The SMILES string of the molecule is Cc1noc(C)c1S(=O)(=O)NCCc1csc2nc(-c3ccccc3F)nn12. The largest absolute Gasteiger partial charge is 0.360 e. The average molecular weight is 421 g/mol. The fourth-order valence-electron chi connectivity index (χ4n) is 2.90. The summed E-state index contributed by atoms with van der Waals surface area (Å²) >= 11 is 1.36. The number of hydrogen-bond donors (Lipinski definition) is 1. The molecule has 0 atom stereocenters. The third-order valence-corrected chi connectivity index (χ3v) is 6.74. The van der Waals surface area contributed by atoms with E-state index in [-0.39, 0.29) is 17.2 Å². The van der Waals surface area contributed by atoms with E-state index in [1.54, 1.807) is 36.6 Å². The molecule has 0 aliphatic rings. The summed E-state index contributed by atoms with van der Waals surface area (Å²) in [4.78, 5) is 5.03. The molecule has 0 saturated carbocycles. The molecule has 11 heteroatoms. The molecule has 28 heavy (non-hydrogen) atoms. The number of sulfonamides is 1. The van der Waals surface area contributed by atoms with Crippen molar-refractivity contribution in [2.75, 3.05) is 6.54 Å². The van der Waals surface area contributed by atoms with Crippen LogP contribution in [0.1, 0.15) is 17.1 Å². The Morgan fingerprint density at radius 3 is 2.79 bits per heavy atom. The normalized spacial score (nSPS) is 12.1. The Kier molecular flexibility index (Phi) is 4.73. The molecule has 0 radical (unpaired) electrons. The Labute approximate surface area is 164 Å². The molecule has 0 amide bonds. The third kappa shape index (κ3) is 3.32. The smallest absolute Gasteiger partial charge is 0.245 e. The molecular weight excluding hydrogens is 405 g/mol. The van der Waals surface area contributed by atoms with Gasteiger partial charge in [0.05, 0.1) is 11.3 Å². The summed E-state index contributed by atoms with van der Waals surface area (Å²) in [6.45, 7) is 3.29. The van der Waals surface area contributed by atoms with Crippen molar-refractivity contribution in [1.29, 1.82) is 0 Å². The summed E-state index contributed by atoms with van der Waals surface area (Å²) in [6, 6.07) is 6.30. The maximum Gasteiger partial charge on any atom is 0.245 e. The van der Waals surface area contributed by atoms with Gasteiger partial charge >= 0.3 is 0 Å². The van der Waals surface area contributed by atoms with Crippen molar-refractivity contribution < 1.29 is 17.3 Å². The predicted octanol–water partition coefficient (Wildman–Crippen LogP) is 2.72. The summed E-state index contributed by atoms with van der Waals surface area (Å²) < 4.78 is 48.0. The summed E-state index contributed by atoms with van der Waals surface area (Å²) in [5.74, 6) is 0.144. The maximum absolute atomic E-state index is 14.0. The van der Waals surface area contributed by atoms with E-state index in [1.165, 1.54) is 17.4 Å². The van der Waals surface area contributed by atoms with Crippen LogP contribution in [0.2, 0.25) is 0 Å². The zero-order valence-corrected chi connectivity index (χ0v) is 16.6. The molecule has 1 N–H and O–H groups in total. The molecule has 0 unspecified atom stereocenters. The van der Waals surface area contributed by atoms with Crippen LogP contribution in [0.5, 0.6) is 0 Å². The fourth-order valence-corrected chi connectivity index (χ4v) is 5.11. The number of nitrogens with one attached hydrogen (secondary N) is 1. The summed E-state index contributed by atoms with van der Waals surface area (Å²) in [6.07, 6.45) is 0.392. The van der Waals surface area contributed by atoms with E-state index in [2.05, 4.69) is 20.0 Å². The second kappa shape index (κ2) is 7.08. The van der Waals surface area contributed by atoms with Gasteiger partial charge in [-0.15, -0.1) is 16.4 Å². The highest BCUT2D eigenvalue weighted by Gasteiger charge is 2.24. The molecule has 4 rings (SSSR count). The molecule has 1 aromatic carbocycles. The molecule has 0 saturated heterocycles. The van der Waals surface area contributed by atoms with Crippen LogP contribution in [-0.2, 0) is 16.4 Å². The van der Waals surface area contributed by atoms with Gasteiger partial charge in [-0.2, -0.15) is 4.98 Å². The molecule has 0 bridgehead atoms. The predicted molar refractivity (Wildman–Crippen MR) is 101 cm³/mol. The first-order valence-corrected chi connectivity index (χ1v) is 10.7. The van der Waals surface area contributed by atoms with E-state index in [9.17, 15) is 12.8 Å². The van der Waals surface area contributed by atoms with E-state index < -0.39 is 15.8 Å². The van der Waals surface area contributed by atoms with Crippen LogP contribution in [0.3, 0.4) is 0 Å². The summed E-state index contributed by atoms with van der Waals surface area (Å²) in [5.41, 5.74) is 1.41. The first kappa shape index (κ1) is 18.7. The van der Waals surface area contributed by atoms with Crippen LogP contribution >= 0.6 is 11.3 Å². The number of rotatable bonds is 6. The molecule has 0 spiro atoms. The highest BCUT2D eigenvalue weighted by atomic mass is 32.2. The molecule has 0 aliphatic heterocycles. The number of aryl methyl sites for hydroxylation is 2. The zero-order chi connectivity index (χ0) is 19.9. The highest BCUT2D eigenvalue weighted by molar-refractivity contribution is 7.89. The van der Waals surface area contributed by atoms with Crippen LogP contribution in [0, 0.1) is 19.7 Å². The topological polar surface area (TPSA) is 102 Å². The Morgan fingerprint density at radius 2 is 2.07 bits per heavy atom. The van der Waals surface area contributed by atoms with Crippen LogP contribution in [0.25, 0.3) is 16.3 Å². The molecule has 146 valence electrons. The van der Waals surface area contributed by atoms with E-state index in [4.69, 9.17) is 4.52 Å². The van der Waals surface area contributed by atoms with Gasteiger partial charge in [0, 0.05) is 18.3 Å². The van der Waals surface area contributed by atoms with E-state index in [1.807, 2.05) is 5.38 Å². The second-order valence-corrected chi connectivity index (χ2v) is 8.68. The van der Waals surface area contributed by atoms with Crippen molar-refractivity contribution in [1.82, 2.24) is 24.5 Å². The standard InChI is InChI=1S/C17H16FN5O3S2/c1-10-15(11(2)26-22-10)28(24,25)19-8-7-12-9-27-17-20-16(21-23(12)17)13-5-3-4-6-14(13)18/h3-6,9,19H,7-8H2,1-2H3. The Morgan fingerprint density at radius 1 is 1.29 bits per heavy atom.